The van der Waals surface area contributed by atoms with E-state index in [0.717, 1.165) is 33.6 Å². The Bertz CT molecular complexity index is 2070. The number of carbonyl (C=O) groups is 2. The molecule has 5 rings (SSSR count). The zero-order valence-corrected chi connectivity index (χ0v) is 41.8. The van der Waals surface area contributed by atoms with E-state index in [9.17, 15) is 9.59 Å². The number of benzene rings is 2. The molecule has 0 radical (unpaired) electrons. The molecule has 0 saturated carbocycles. The van der Waals surface area contributed by atoms with Crippen molar-refractivity contribution in [2.75, 3.05) is 13.2 Å². The lowest BCUT2D eigenvalue weighted by Crippen LogP contribution is -2.29. The van der Waals surface area contributed by atoms with E-state index in [-0.39, 0.29) is 60.0 Å². The Balaban J connectivity index is 0.000000285. The summed E-state index contributed by atoms with van der Waals surface area (Å²) in [5.41, 5.74) is 4.62. The summed E-state index contributed by atoms with van der Waals surface area (Å²) in [4.78, 5) is 25.4. The van der Waals surface area contributed by atoms with Crippen LogP contribution in [0.2, 0.25) is 0 Å². The van der Waals surface area contributed by atoms with E-state index in [1.807, 2.05) is 91.0 Å². The number of allylic oxidation sites excluding steroid dienone is 1. The summed E-state index contributed by atoms with van der Waals surface area (Å²) in [6.07, 6.45) is 21.1. The van der Waals surface area contributed by atoms with Gasteiger partial charge in [-0.25, -0.2) is 4.79 Å². The molecule has 0 aromatic heterocycles. The summed E-state index contributed by atoms with van der Waals surface area (Å²) in [6.45, 7) is 36.5. The minimum atomic E-state index is -0.628. The lowest BCUT2D eigenvalue weighted by molar-refractivity contribution is -0.148. The lowest BCUT2D eigenvalue weighted by Gasteiger charge is -2.23. The van der Waals surface area contributed by atoms with Gasteiger partial charge in [0, 0.05) is 23.3 Å². The van der Waals surface area contributed by atoms with Gasteiger partial charge in [-0.1, -0.05) is 115 Å². The van der Waals surface area contributed by atoms with Crippen molar-refractivity contribution in [2.24, 2.45) is 29.6 Å². The molecule has 2 aromatic rings. The van der Waals surface area contributed by atoms with Gasteiger partial charge in [0.05, 0.1) is 30.0 Å². The van der Waals surface area contributed by atoms with Crippen LogP contribution in [0.25, 0.3) is 12.2 Å². The number of ketones is 1. The Hall–Kier alpha value is -4.54. The number of hydrogen-bond acceptors (Lipinski definition) is 9. The van der Waals surface area contributed by atoms with Crippen LogP contribution >= 0.6 is 0 Å². The van der Waals surface area contributed by atoms with Gasteiger partial charge in [0.25, 0.3) is 0 Å². The molecule has 2 unspecified atom stereocenters. The van der Waals surface area contributed by atoms with Gasteiger partial charge in [0.15, 0.2) is 17.4 Å². The highest BCUT2D eigenvalue weighted by molar-refractivity contribution is 5.99. The van der Waals surface area contributed by atoms with Crippen molar-refractivity contribution in [2.45, 2.75) is 152 Å². The van der Waals surface area contributed by atoms with Gasteiger partial charge in [-0.15, -0.1) is 0 Å². The van der Waals surface area contributed by atoms with Crippen LogP contribution < -0.4 is 9.47 Å². The largest absolute Gasteiger partial charge is 0.490 e. The molecular formula is C56H78O9. The van der Waals surface area contributed by atoms with Gasteiger partial charge in [0.1, 0.15) is 30.8 Å². The number of cyclic esters (lactones) is 1. The highest BCUT2D eigenvalue weighted by atomic mass is 16.8. The number of fused-ring (bicyclic) bond motifs is 2. The number of esters is 1. The van der Waals surface area contributed by atoms with Crippen LogP contribution in [0.3, 0.4) is 0 Å². The van der Waals surface area contributed by atoms with Gasteiger partial charge >= 0.3 is 5.97 Å². The van der Waals surface area contributed by atoms with E-state index in [1.165, 1.54) is 0 Å². The maximum atomic E-state index is 13.1. The molecule has 3 heterocycles. The Morgan fingerprint density at radius 3 is 2.08 bits per heavy atom. The van der Waals surface area contributed by atoms with Crippen molar-refractivity contribution >= 4 is 23.9 Å². The number of ether oxygens (including phenoxy) is 7. The van der Waals surface area contributed by atoms with Crippen molar-refractivity contribution in [3.05, 3.63) is 119 Å². The Labute approximate surface area is 391 Å². The first-order valence-corrected chi connectivity index (χ1v) is 23.5. The molecule has 0 bridgehead atoms. The third-order valence-electron chi connectivity index (χ3n) is 12.3. The standard InChI is InChI=1S/C29H42O4.C27H36O5/c1-10-16-31-25-17-22(6)27(23(7)30)24(18-25)12-11-13-26-28(33-29(8,9)32-26)21(5)15-14-20(4)19(2)3;1-8-14-29-22-15-19(4)24-21(16-22)10-9-11-23-25(32-27(6,7)31-23)18(3)13-12-17(2)20(5)30-26(24)28/h10-12,14-15,17-21,26,28H,1,13,16H2,2-9H3;8-10,12-13,15-18,20,23,25H,1,11,14H2,2-7H3/b12-11+,15-14-;10-9+,13-12-/t20-,21-,26+,28?;17-,18-,20+,23+,25?/m11/s1. The third-order valence-corrected chi connectivity index (χ3v) is 12.3. The van der Waals surface area contributed by atoms with Crippen molar-refractivity contribution in [1.29, 1.82) is 0 Å². The summed E-state index contributed by atoms with van der Waals surface area (Å²) in [6, 6.07) is 7.55. The lowest BCUT2D eigenvalue weighted by atomic mass is 9.92. The average Bonchev–Trinajstić information content (AvgIpc) is 3.72. The second-order valence-electron chi connectivity index (χ2n) is 19.3. The van der Waals surface area contributed by atoms with Crippen LogP contribution in [0.4, 0.5) is 0 Å². The first-order chi connectivity index (χ1) is 30.6. The molecule has 9 nitrogen and oxygen atoms in total. The maximum absolute atomic E-state index is 13.1. The Morgan fingerprint density at radius 1 is 0.831 bits per heavy atom. The number of carbonyl (C=O) groups excluding carboxylic acids is 2. The molecule has 9 atom stereocenters. The highest BCUT2D eigenvalue weighted by Crippen LogP contribution is 2.37. The molecule has 2 saturated heterocycles. The number of aryl methyl sites for hydroxylation is 2. The molecule has 0 N–H and O–H groups in total. The van der Waals surface area contributed by atoms with E-state index >= 15 is 0 Å². The summed E-state index contributed by atoms with van der Waals surface area (Å²) in [5.74, 6) is 1.48. The molecule has 65 heavy (non-hydrogen) atoms. The molecule has 0 spiro atoms. The minimum Gasteiger partial charge on any atom is -0.490 e. The Kier molecular flexibility index (Phi) is 19.4. The summed E-state index contributed by atoms with van der Waals surface area (Å²) in [7, 11) is 0. The molecule has 356 valence electrons. The third kappa shape index (κ3) is 15.3. The summed E-state index contributed by atoms with van der Waals surface area (Å²) >= 11 is 0. The predicted octanol–water partition coefficient (Wildman–Crippen LogP) is 13.0. The molecule has 2 fully saturated rings. The topological polar surface area (TPSA) is 98.8 Å². The normalized spacial score (nSPS) is 27.1. The van der Waals surface area contributed by atoms with Crippen LogP contribution in [0, 0.1) is 43.4 Å². The smallest absolute Gasteiger partial charge is 0.339 e. The van der Waals surface area contributed by atoms with E-state index < -0.39 is 11.6 Å². The SMILES string of the molecule is C=CCOc1cc(C)c(C(C)=O)c(/C=C/C[C@@H]2OC(C)(C)OC2[C@H](C)/C=C\[C@@H](C)C(C)C)c1.C=CCOc1cc(C)c2c(c1)/C=C/C[C@@H]1OC(C)(C)OC1[C@H](C)/C=C\[C@@H](C)[C@H](C)OC2=O. The molecule has 2 aromatic carbocycles. The Morgan fingerprint density at radius 2 is 1.45 bits per heavy atom. The molecule has 3 aliphatic rings. The average molecular weight is 895 g/mol. The van der Waals surface area contributed by atoms with Gasteiger partial charge in [-0.05, 0) is 127 Å². The first kappa shape index (κ1) is 53.1. The zero-order valence-electron chi connectivity index (χ0n) is 41.8. The van der Waals surface area contributed by atoms with E-state index in [2.05, 4.69) is 85.1 Å². The van der Waals surface area contributed by atoms with Gasteiger partial charge in [-0.2, -0.15) is 0 Å². The van der Waals surface area contributed by atoms with Crippen molar-refractivity contribution in [3.8, 4) is 11.5 Å². The van der Waals surface area contributed by atoms with Gasteiger partial charge in [-0.3, -0.25) is 4.79 Å². The summed E-state index contributed by atoms with van der Waals surface area (Å²) in [5, 5.41) is 0. The maximum Gasteiger partial charge on any atom is 0.339 e. The quantitative estimate of drug-likeness (QED) is 0.104. The van der Waals surface area contributed by atoms with Crippen molar-refractivity contribution in [1.82, 2.24) is 0 Å². The fourth-order valence-electron chi connectivity index (χ4n) is 8.33. The van der Waals surface area contributed by atoms with E-state index in [1.54, 1.807) is 19.1 Å². The fourth-order valence-corrected chi connectivity index (χ4v) is 8.33. The van der Waals surface area contributed by atoms with E-state index in [4.69, 9.17) is 33.2 Å². The molecular weight excluding hydrogens is 817 g/mol. The van der Waals surface area contributed by atoms with Crippen LogP contribution in [-0.2, 0) is 23.7 Å². The first-order valence-electron chi connectivity index (χ1n) is 23.5. The fraction of sp³-hybridized carbons (Fsp3) is 0.536. The highest BCUT2D eigenvalue weighted by Gasteiger charge is 2.43. The second-order valence-corrected chi connectivity index (χ2v) is 19.3. The number of Topliss-reactive ketones (excluding diaryl/α,β-unsaturated/α-hetero) is 1. The zero-order chi connectivity index (χ0) is 48.2. The summed E-state index contributed by atoms with van der Waals surface area (Å²) < 4.78 is 42.3. The second kappa shape index (κ2) is 23.8. The minimum absolute atomic E-state index is 0.0310. The van der Waals surface area contributed by atoms with Crippen molar-refractivity contribution < 1.29 is 42.7 Å². The number of rotatable bonds is 14. The van der Waals surface area contributed by atoms with Crippen LogP contribution in [0.15, 0.2) is 86.0 Å². The molecule has 3 aliphatic heterocycles. The molecule has 9 heteroatoms. The monoisotopic (exact) mass is 895 g/mol. The van der Waals surface area contributed by atoms with Crippen LogP contribution in [-0.4, -0.2) is 67.1 Å². The molecule has 0 amide bonds. The predicted molar refractivity (Wildman–Crippen MR) is 263 cm³/mol. The number of hydrogen-bond donors (Lipinski definition) is 0. The van der Waals surface area contributed by atoms with Gasteiger partial charge in [0.2, 0.25) is 0 Å². The van der Waals surface area contributed by atoms with Crippen LogP contribution in [0.5, 0.6) is 11.5 Å². The molecule has 0 aliphatic carbocycles. The van der Waals surface area contributed by atoms with Crippen molar-refractivity contribution in [3.63, 3.8) is 0 Å². The van der Waals surface area contributed by atoms with E-state index in [0.29, 0.717) is 49.2 Å². The van der Waals surface area contributed by atoms with Crippen LogP contribution in [0.1, 0.15) is 139 Å². The van der Waals surface area contributed by atoms with Gasteiger partial charge < -0.3 is 33.2 Å².